The summed E-state index contributed by atoms with van der Waals surface area (Å²) in [7, 11) is 0. The lowest BCUT2D eigenvalue weighted by Crippen LogP contribution is -2.22. The van der Waals surface area contributed by atoms with E-state index in [4.69, 9.17) is 10.5 Å². The quantitative estimate of drug-likeness (QED) is 0.486. The lowest BCUT2D eigenvalue weighted by molar-refractivity contribution is -0.383. The first-order valence-corrected chi connectivity index (χ1v) is 5.52. The van der Waals surface area contributed by atoms with Crippen molar-refractivity contribution >= 4 is 11.4 Å². The van der Waals surface area contributed by atoms with Gasteiger partial charge < -0.3 is 10.5 Å². The first-order chi connectivity index (χ1) is 7.85. The van der Waals surface area contributed by atoms with Crippen molar-refractivity contribution in [2.24, 2.45) is 0 Å². The summed E-state index contributed by atoms with van der Waals surface area (Å²) in [5.74, 6) is 0. The van der Waals surface area contributed by atoms with Crippen LogP contribution in [0, 0.1) is 10.1 Å². The summed E-state index contributed by atoms with van der Waals surface area (Å²) in [5.41, 5.74) is 6.35. The van der Waals surface area contributed by atoms with Crippen LogP contribution in [0.25, 0.3) is 0 Å². The highest BCUT2D eigenvalue weighted by Gasteiger charge is 2.16. The van der Waals surface area contributed by atoms with E-state index in [-0.39, 0.29) is 17.0 Å². The van der Waals surface area contributed by atoms with Gasteiger partial charge in [-0.15, -0.1) is 0 Å². The second-order valence-corrected chi connectivity index (χ2v) is 4.55. The molecule has 0 amide bonds. The molecule has 1 aromatic carbocycles. The van der Waals surface area contributed by atoms with E-state index in [1.807, 2.05) is 20.8 Å². The van der Waals surface area contributed by atoms with Gasteiger partial charge in [-0.25, -0.2) is 0 Å². The van der Waals surface area contributed by atoms with E-state index >= 15 is 0 Å². The van der Waals surface area contributed by atoms with E-state index in [0.29, 0.717) is 6.61 Å². The molecule has 5 nitrogen and oxygen atoms in total. The maximum atomic E-state index is 10.6. The van der Waals surface area contributed by atoms with Crippen LogP contribution in [-0.4, -0.2) is 10.5 Å². The average Bonchev–Trinajstić information content (AvgIpc) is 2.26. The van der Waals surface area contributed by atoms with Crippen LogP contribution in [0.4, 0.5) is 11.4 Å². The lowest BCUT2D eigenvalue weighted by Gasteiger charge is -2.23. The highest BCUT2D eigenvalue weighted by atomic mass is 16.6. The van der Waals surface area contributed by atoms with Crippen LogP contribution in [0.2, 0.25) is 0 Å². The van der Waals surface area contributed by atoms with Gasteiger partial charge in [0.1, 0.15) is 5.69 Å². The fourth-order valence-electron chi connectivity index (χ4n) is 1.24. The average molecular weight is 238 g/mol. The molecule has 0 aliphatic heterocycles. The zero-order valence-corrected chi connectivity index (χ0v) is 10.4. The molecule has 1 aromatic rings. The Kier molecular flexibility index (Phi) is 4.07. The van der Waals surface area contributed by atoms with E-state index in [9.17, 15) is 10.1 Å². The molecular formula is C12H18N2O3. The number of anilines is 1. The second-order valence-electron chi connectivity index (χ2n) is 4.55. The predicted octanol–water partition coefficient (Wildman–Crippen LogP) is 2.88. The molecular weight excluding hydrogens is 220 g/mol. The molecule has 0 aliphatic carbocycles. The first-order valence-electron chi connectivity index (χ1n) is 5.52. The van der Waals surface area contributed by atoms with Crippen molar-refractivity contribution < 1.29 is 9.66 Å². The molecule has 94 valence electrons. The van der Waals surface area contributed by atoms with Gasteiger partial charge >= 0.3 is 0 Å². The summed E-state index contributed by atoms with van der Waals surface area (Å²) in [6.07, 6.45) is 0.898. The maximum absolute atomic E-state index is 10.6. The summed E-state index contributed by atoms with van der Waals surface area (Å²) in [6.45, 7) is 6.46. The van der Waals surface area contributed by atoms with Crippen LogP contribution in [0.15, 0.2) is 18.2 Å². The third-order valence-electron chi connectivity index (χ3n) is 2.77. The zero-order chi connectivity index (χ0) is 13.1. The van der Waals surface area contributed by atoms with Gasteiger partial charge in [0.15, 0.2) is 0 Å². The van der Waals surface area contributed by atoms with Gasteiger partial charge in [-0.1, -0.05) is 6.92 Å². The lowest BCUT2D eigenvalue weighted by atomic mass is 10.1. The van der Waals surface area contributed by atoms with Gasteiger partial charge in [0, 0.05) is 6.07 Å². The van der Waals surface area contributed by atoms with Crippen LogP contribution in [-0.2, 0) is 11.3 Å². The van der Waals surface area contributed by atoms with Gasteiger partial charge in [0.2, 0.25) is 0 Å². The SMILES string of the molecule is CCC(C)(C)OCc1ccc([N+](=O)[O-])c(N)c1. The van der Waals surface area contributed by atoms with Gasteiger partial charge in [0.05, 0.1) is 17.1 Å². The van der Waals surface area contributed by atoms with E-state index in [1.165, 1.54) is 6.07 Å². The van der Waals surface area contributed by atoms with E-state index in [1.54, 1.807) is 12.1 Å². The molecule has 0 unspecified atom stereocenters. The number of nitrogen functional groups attached to an aromatic ring is 1. The number of rotatable bonds is 5. The van der Waals surface area contributed by atoms with Crippen LogP contribution in [0.3, 0.4) is 0 Å². The van der Waals surface area contributed by atoms with Gasteiger partial charge in [0.25, 0.3) is 5.69 Å². The number of benzene rings is 1. The van der Waals surface area contributed by atoms with E-state index in [0.717, 1.165) is 12.0 Å². The smallest absolute Gasteiger partial charge is 0.292 e. The second kappa shape index (κ2) is 5.14. The third-order valence-corrected chi connectivity index (χ3v) is 2.77. The number of hydrogen-bond acceptors (Lipinski definition) is 4. The topological polar surface area (TPSA) is 78.4 Å². The van der Waals surface area contributed by atoms with Crippen molar-refractivity contribution in [2.75, 3.05) is 5.73 Å². The Hall–Kier alpha value is -1.62. The molecule has 17 heavy (non-hydrogen) atoms. The zero-order valence-electron chi connectivity index (χ0n) is 10.4. The van der Waals surface area contributed by atoms with E-state index in [2.05, 4.69) is 0 Å². The molecule has 0 fully saturated rings. The molecule has 1 rings (SSSR count). The Labute approximate surface area is 101 Å². The Morgan fingerprint density at radius 2 is 2.12 bits per heavy atom. The predicted molar refractivity (Wildman–Crippen MR) is 66.7 cm³/mol. The number of nitro benzene ring substituents is 1. The Morgan fingerprint density at radius 1 is 1.47 bits per heavy atom. The van der Waals surface area contributed by atoms with Crippen molar-refractivity contribution in [1.82, 2.24) is 0 Å². The fourth-order valence-corrected chi connectivity index (χ4v) is 1.24. The molecule has 0 atom stereocenters. The minimum atomic E-state index is -0.490. The van der Waals surface area contributed by atoms with Crippen molar-refractivity contribution in [3.05, 3.63) is 33.9 Å². The fraction of sp³-hybridized carbons (Fsp3) is 0.500. The van der Waals surface area contributed by atoms with Crippen molar-refractivity contribution in [3.63, 3.8) is 0 Å². The third kappa shape index (κ3) is 3.71. The van der Waals surface area contributed by atoms with Crippen molar-refractivity contribution in [2.45, 2.75) is 39.4 Å². The van der Waals surface area contributed by atoms with Crippen molar-refractivity contribution in [1.29, 1.82) is 0 Å². The van der Waals surface area contributed by atoms with E-state index < -0.39 is 4.92 Å². The Balaban J connectivity index is 2.75. The number of hydrogen-bond donors (Lipinski definition) is 1. The van der Waals surface area contributed by atoms with Crippen LogP contribution in [0.5, 0.6) is 0 Å². The molecule has 0 heterocycles. The standard InChI is InChI=1S/C12H18N2O3/c1-4-12(2,3)17-8-9-5-6-11(14(15)16)10(13)7-9/h5-7H,4,8,13H2,1-3H3. The van der Waals surface area contributed by atoms with Gasteiger partial charge in [-0.2, -0.15) is 0 Å². The number of ether oxygens (including phenoxy) is 1. The molecule has 0 saturated carbocycles. The summed E-state index contributed by atoms with van der Waals surface area (Å²) < 4.78 is 5.69. The molecule has 0 aromatic heterocycles. The largest absolute Gasteiger partial charge is 0.393 e. The van der Waals surface area contributed by atoms with Crippen LogP contribution in [0.1, 0.15) is 32.8 Å². The molecule has 2 N–H and O–H groups in total. The maximum Gasteiger partial charge on any atom is 0.292 e. The van der Waals surface area contributed by atoms with Gasteiger partial charge in [-0.05, 0) is 38.0 Å². The molecule has 0 spiro atoms. The van der Waals surface area contributed by atoms with Crippen molar-refractivity contribution in [3.8, 4) is 0 Å². The van der Waals surface area contributed by atoms with Crippen LogP contribution < -0.4 is 5.73 Å². The number of nitro groups is 1. The molecule has 0 aliphatic rings. The Bertz CT molecular complexity index is 416. The van der Waals surface area contributed by atoms with Crippen LogP contribution >= 0.6 is 0 Å². The number of nitrogens with zero attached hydrogens (tertiary/aromatic N) is 1. The summed E-state index contributed by atoms with van der Waals surface area (Å²) in [6, 6.07) is 4.66. The monoisotopic (exact) mass is 238 g/mol. The summed E-state index contributed by atoms with van der Waals surface area (Å²) >= 11 is 0. The number of nitrogens with two attached hydrogens (primary N) is 1. The molecule has 0 bridgehead atoms. The normalized spacial score (nSPS) is 11.5. The molecule has 0 saturated heterocycles. The van der Waals surface area contributed by atoms with Gasteiger partial charge in [-0.3, -0.25) is 10.1 Å². The Morgan fingerprint density at radius 3 is 2.59 bits per heavy atom. The highest BCUT2D eigenvalue weighted by Crippen LogP contribution is 2.24. The minimum Gasteiger partial charge on any atom is -0.393 e. The summed E-state index contributed by atoms with van der Waals surface area (Å²) in [4.78, 5) is 10.1. The molecule has 0 radical (unpaired) electrons. The molecule has 5 heteroatoms. The first kappa shape index (κ1) is 13.4. The minimum absolute atomic E-state index is 0.0662. The summed E-state index contributed by atoms with van der Waals surface area (Å²) in [5, 5.41) is 10.6. The highest BCUT2D eigenvalue weighted by molar-refractivity contribution is 5.59.